The molecule has 0 radical (unpaired) electrons. The Morgan fingerprint density at radius 1 is 1.12 bits per heavy atom. The van der Waals surface area contributed by atoms with Crippen LogP contribution in [-0.4, -0.2) is 72.0 Å². The van der Waals surface area contributed by atoms with Gasteiger partial charge in [0, 0.05) is 44.3 Å². The molecule has 8 nitrogen and oxygen atoms in total. The third-order valence-electron chi connectivity index (χ3n) is 7.72. The van der Waals surface area contributed by atoms with Crippen LogP contribution in [0.15, 0.2) is 41.7 Å². The summed E-state index contributed by atoms with van der Waals surface area (Å²) in [6.07, 6.45) is 10.5. The molecule has 2 fully saturated rings. The van der Waals surface area contributed by atoms with Crippen molar-refractivity contribution in [2.45, 2.75) is 51.0 Å². The molecule has 1 atom stereocenters. The van der Waals surface area contributed by atoms with Crippen LogP contribution < -0.4 is 5.32 Å². The Balaban J connectivity index is 1.14. The minimum absolute atomic E-state index is 0.239. The largest absolute Gasteiger partial charge is 0.356 e. The maximum atomic E-state index is 13.3. The first-order chi connectivity index (χ1) is 16.5. The molecule has 3 aliphatic rings. The number of aromatic nitrogens is 2. The molecule has 2 N–H and O–H groups in total. The van der Waals surface area contributed by atoms with Gasteiger partial charge < -0.3 is 15.2 Å². The number of rotatable bonds is 6. The van der Waals surface area contributed by atoms with Gasteiger partial charge in [0.15, 0.2) is 0 Å². The van der Waals surface area contributed by atoms with E-state index in [1.54, 1.807) is 4.31 Å². The van der Waals surface area contributed by atoms with Crippen molar-refractivity contribution in [3.63, 3.8) is 0 Å². The zero-order valence-electron chi connectivity index (χ0n) is 20.0. The molecule has 0 aromatic carbocycles. The lowest BCUT2D eigenvalue weighted by atomic mass is 9.86. The zero-order chi connectivity index (χ0) is 23.5. The van der Waals surface area contributed by atoms with Crippen molar-refractivity contribution in [2.24, 2.45) is 16.8 Å². The topological polar surface area (TPSA) is 93.7 Å². The standard InChI is InChI=1S/C25H36N6O2S/c1-30(25-23-11-13-27-24(23)28-18-29-25)22-9-7-19(8-10-22)17-34(32,33)31-14-4-5-20(16-31)15-21-6-2-3-12-26-21/h2-3,6,11-13,19-20,22,27-28H,4-5,7-10,14-18H2,1H3. The van der Waals surface area contributed by atoms with E-state index >= 15 is 0 Å². The fraction of sp³-hybridized carbons (Fsp3) is 0.600. The van der Waals surface area contributed by atoms with E-state index in [4.69, 9.17) is 4.99 Å². The smallest absolute Gasteiger partial charge is 0.214 e. The van der Waals surface area contributed by atoms with Crippen molar-refractivity contribution in [1.82, 2.24) is 19.2 Å². The normalized spacial score (nSPS) is 25.8. The summed E-state index contributed by atoms with van der Waals surface area (Å²) in [6, 6.07) is 8.42. The van der Waals surface area contributed by atoms with Crippen molar-refractivity contribution in [2.75, 3.05) is 37.9 Å². The van der Waals surface area contributed by atoms with Crippen LogP contribution in [0.2, 0.25) is 0 Å². The summed E-state index contributed by atoms with van der Waals surface area (Å²) in [6.45, 7) is 1.87. The number of anilines is 1. The van der Waals surface area contributed by atoms with Crippen LogP contribution in [0, 0.1) is 11.8 Å². The average Bonchev–Trinajstić information content (AvgIpc) is 3.34. The van der Waals surface area contributed by atoms with Gasteiger partial charge in [-0.15, -0.1) is 0 Å². The van der Waals surface area contributed by atoms with Gasteiger partial charge in [0.05, 0.1) is 11.3 Å². The fourth-order valence-electron chi connectivity index (χ4n) is 5.82. The molecule has 2 aliphatic heterocycles. The molecule has 184 valence electrons. The van der Waals surface area contributed by atoms with Crippen molar-refractivity contribution >= 4 is 21.7 Å². The highest BCUT2D eigenvalue weighted by atomic mass is 32.2. The molecule has 1 unspecified atom stereocenters. The summed E-state index contributed by atoms with van der Waals surface area (Å²) >= 11 is 0. The third kappa shape index (κ3) is 5.15. The second-order valence-electron chi connectivity index (χ2n) is 10.0. The highest BCUT2D eigenvalue weighted by Gasteiger charge is 2.34. The van der Waals surface area contributed by atoms with Crippen LogP contribution in [0.5, 0.6) is 0 Å². The number of fused-ring (bicyclic) bond motifs is 1. The van der Waals surface area contributed by atoms with Crippen molar-refractivity contribution in [1.29, 1.82) is 0 Å². The second kappa shape index (κ2) is 10.1. The number of aliphatic imine (C=N–C) groups is 1. The molecule has 2 aromatic heterocycles. The number of piperidine rings is 1. The predicted octanol–water partition coefficient (Wildman–Crippen LogP) is 3.31. The van der Waals surface area contributed by atoms with Gasteiger partial charge in [0.1, 0.15) is 18.3 Å². The second-order valence-corrected chi connectivity index (χ2v) is 12.1. The van der Waals surface area contributed by atoms with Crippen molar-refractivity contribution < 1.29 is 8.42 Å². The molecule has 0 bridgehead atoms. The van der Waals surface area contributed by atoms with Gasteiger partial charge >= 0.3 is 0 Å². The van der Waals surface area contributed by atoms with Crippen LogP contribution in [0.3, 0.4) is 0 Å². The summed E-state index contributed by atoms with van der Waals surface area (Å²) in [5, 5.41) is 3.27. The summed E-state index contributed by atoms with van der Waals surface area (Å²) in [5.74, 6) is 2.93. The molecule has 9 heteroatoms. The van der Waals surface area contributed by atoms with Crippen LogP contribution in [0.1, 0.15) is 49.8 Å². The van der Waals surface area contributed by atoms with Crippen molar-refractivity contribution in [3.05, 3.63) is 47.9 Å². The maximum absolute atomic E-state index is 13.3. The summed E-state index contributed by atoms with van der Waals surface area (Å²) in [4.78, 5) is 14.7. The van der Waals surface area contributed by atoms with E-state index in [1.807, 2.05) is 30.6 Å². The maximum Gasteiger partial charge on any atom is 0.214 e. The van der Waals surface area contributed by atoms with E-state index in [-0.39, 0.29) is 11.7 Å². The number of pyridine rings is 1. The molecule has 0 amide bonds. The van der Waals surface area contributed by atoms with E-state index in [2.05, 4.69) is 33.3 Å². The van der Waals surface area contributed by atoms with Gasteiger partial charge in [0.2, 0.25) is 10.0 Å². The molecule has 1 aliphatic carbocycles. The number of sulfonamides is 1. The van der Waals surface area contributed by atoms with Gasteiger partial charge in [-0.1, -0.05) is 6.07 Å². The third-order valence-corrected chi connectivity index (χ3v) is 9.73. The van der Waals surface area contributed by atoms with E-state index in [0.29, 0.717) is 31.7 Å². The van der Waals surface area contributed by atoms with Crippen LogP contribution in [0.4, 0.5) is 5.82 Å². The first kappa shape index (κ1) is 23.4. The van der Waals surface area contributed by atoms with Gasteiger partial charge in [-0.2, -0.15) is 0 Å². The highest BCUT2D eigenvalue weighted by molar-refractivity contribution is 7.89. The Bertz CT molecular complexity index is 1090. The Kier molecular flexibility index (Phi) is 6.92. The monoisotopic (exact) mass is 484 g/mol. The SMILES string of the molecule is CN(C1=NCNc2[nH]ccc21)C1CCC(CS(=O)(=O)N2CCCC(Cc3ccccn3)C2)CC1. The number of hydrogen-bond donors (Lipinski definition) is 2. The van der Waals surface area contributed by atoms with E-state index in [0.717, 1.165) is 67.9 Å². The lowest BCUT2D eigenvalue weighted by Crippen LogP contribution is -2.44. The Morgan fingerprint density at radius 2 is 1.97 bits per heavy atom. The van der Waals surface area contributed by atoms with Crippen LogP contribution in [-0.2, 0) is 16.4 Å². The molecular formula is C25H36N6O2S. The molecule has 2 aromatic rings. The lowest BCUT2D eigenvalue weighted by Gasteiger charge is -2.38. The Morgan fingerprint density at radius 3 is 2.76 bits per heavy atom. The molecule has 1 saturated heterocycles. The number of H-pyrrole nitrogens is 1. The molecular weight excluding hydrogens is 448 g/mol. The fourth-order valence-corrected chi connectivity index (χ4v) is 7.80. The predicted molar refractivity (Wildman–Crippen MR) is 135 cm³/mol. The number of nitrogens with zero attached hydrogens (tertiary/aromatic N) is 4. The first-order valence-corrected chi connectivity index (χ1v) is 14.2. The summed E-state index contributed by atoms with van der Waals surface area (Å²) in [5.41, 5.74) is 2.17. The molecule has 1 saturated carbocycles. The summed E-state index contributed by atoms with van der Waals surface area (Å²) in [7, 11) is -1.11. The van der Waals surface area contributed by atoms with Crippen LogP contribution in [0.25, 0.3) is 0 Å². The van der Waals surface area contributed by atoms with Gasteiger partial charge in [-0.3, -0.25) is 4.98 Å². The molecule has 34 heavy (non-hydrogen) atoms. The number of aromatic amines is 1. The first-order valence-electron chi connectivity index (χ1n) is 12.6. The Hall–Kier alpha value is -2.39. The number of hydrogen-bond acceptors (Lipinski definition) is 6. The highest BCUT2D eigenvalue weighted by Crippen LogP contribution is 2.32. The average molecular weight is 485 g/mol. The van der Waals surface area contributed by atoms with Gasteiger partial charge in [-0.05, 0) is 75.0 Å². The van der Waals surface area contributed by atoms with E-state index in [1.165, 1.54) is 0 Å². The minimum atomic E-state index is -3.24. The quantitative estimate of drug-likeness (QED) is 0.656. The van der Waals surface area contributed by atoms with E-state index in [9.17, 15) is 8.42 Å². The van der Waals surface area contributed by atoms with Crippen LogP contribution >= 0.6 is 0 Å². The Labute approximate surface area is 202 Å². The summed E-state index contributed by atoms with van der Waals surface area (Å²) < 4.78 is 28.3. The lowest BCUT2D eigenvalue weighted by molar-refractivity contribution is 0.233. The zero-order valence-corrected chi connectivity index (χ0v) is 20.8. The van der Waals surface area contributed by atoms with Gasteiger partial charge in [0.25, 0.3) is 0 Å². The minimum Gasteiger partial charge on any atom is -0.356 e. The van der Waals surface area contributed by atoms with E-state index < -0.39 is 10.0 Å². The number of nitrogens with one attached hydrogen (secondary N) is 2. The molecule has 4 heterocycles. The molecule has 5 rings (SSSR count). The van der Waals surface area contributed by atoms with Gasteiger partial charge in [-0.25, -0.2) is 17.7 Å². The number of amidine groups is 1. The van der Waals surface area contributed by atoms with Crippen molar-refractivity contribution in [3.8, 4) is 0 Å². The molecule has 0 spiro atoms.